The largest absolute Gasteiger partial charge is 0.351 e. The summed E-state index contributed by atoms with van der Waals surface area (Å²) in [5, 5.41) is 3.57. The van der Waals surface area contributed by atoms with Gasteiger partial charge in [-0.25, -0.2) is 10.8 Å². The van der Waals surface area contributed by atoms with Crippen LogP contribution in [0.3, 0.4) is 0 Å². The molecule has 1 unspecified atom stereocenters. The van der Waals surface area contributed by atoms with Gasteiger partial charge in [0, 0.05) is 23.1 Å². The van der Waals surface area contributed by atoms with Gasteiger partial charge < -0.3 is 10.7 Å². The number of carbonyl (C=O) groups excluding carboxylic acids is 1. The summed E-state index contributed by atoms with van der Waals surface area (Å²) in [6.45, 7) is 4.82. The Morgan fingerprint density at radius 3 is 2.90 bits per heavy atom. The van der Waals surface area contributed by atoms with Gasteiger partial charge in [0.05, 0.1) is 0 Å². The fourth-order valence-electron chi connectivity index (χ4n) is 2.33. The molecule has 0 aromatic carbocycles. The number of hydrazine groups is 1. The molecule has 0 aliphatic carbocycles. The zero-order chi connectivity index (χ0) is 15.2. The molecule has 0 bridgehead atoms. The number of nitrogen functional groups attached to an aromatic ring is 1. The van der Waals surface area contributed by atoms with Crippen molar-refractivity contribution in [3.8, 4) is 0 Å². The molecule has 21 heavy (non-hydrogen) atoms. The van der Waals surface area contributed by atoms with Gasteiger partial charge in [-0.05, 0) is 36.6 Å². The monoisotopic (exact) mass is 308 g/mol. The maximum atomic E-state index is 12.3. The minimum atomic E-state index is -0.0537. The second kappa shape index (κ2) is 7.66. The molecule has 1 saturated heterocycles. The highest BCUT2D eigenvalue weighted by molar-refractivity contribution is 7.99. The van der Waals surface area contributed by atoms with E-state index in [0.29, 0.717) is 16.6 Å². The number of nitrogens with one attached hydrogen (secondary N) is 2. The predicted molar refractivity (Wildman–Crippen MR) is 88.6 cm³/mol. The molecule has 2 rings (SSSR count). The van der Waals surface area contributed by atoms with Crippen LogP contribution in [0.4, 0.5) is 5.82 Å². The Morgan fingerprint density at radius 2 is 2.29 bits per heavy atom. The lowest BCUT2D eigenvalue weighted by atomic mass is 10.1. The van der Waals surface area contributed by atoms with Gasteiger partial charge in [0.2, 0.25) is 0 Å². The number of amides is 1. The first kappa shape index (κ1) is 16.1. The highest BCUT2D eigenvalue weighted by Gasteiger charge is 2.16. The van der Waals surface area contributed by atoms with E-state index in [1.165, 1.54) is 25.0 Å². The Balaban J connectivity index is 2.02. The molecule has 1 amide bonds. The summed E-state index contributed by atoms with van der Waals surface area (Å²) in [5.74, 6) is 7.36. The molecule has 0 saturated carbocycles. The summed E-state index contributed by atoms with van der Waals surface area (Å²) >= 11 is 1.96. The molecular weight excluding hydrogens is 284 g/mol. The standard InChI is InChI=1S/C15H24N4OS/c1-10(2)13-7-11(8-14(18-13)19-16)15(20)17-9-12-5-3-4-6-21-12/h7-8,10,12H,3-6,9,16H2,1-2H3,(H,17,20)(H,18,19). The number of anilines is 1. The van der Waals surface area contributed by atoms with Crippen LogP contribution in [-0.4, -0.2) is 28.4 Å². The number of aromatic nitrogens is 1. The summed E-state index contributed by atoms with van der Waals surface area (Å²) in [5.41, 5.74) is 4.00. The lowest BCUT2D eigenvalue weighted by molar-refractivity contribution is 0.0953. The molecule has 2 heterocycles. The maximum absolute atomic E-state index is 12.3. The summed E-state index contributed by atoms with van der Waals surface area (Å²) in [7, 11) is 0. The van der Waals surface area contributed by atoms with Gasteiger partial charge in [0.1, 0.15) is 5.82 Å². The third kappa shape index (κ3) is 4.61. The summed E-state index contributed by atoms with van der Waals surface area (Å²) in [4.78, 5) is 16.7. The van der Waals surface area contributed by atoms with Gasteiger partial charge in [0.25, 0.3) is 5.91 Å². The van der Waals surface area contributed by atoms with Crippen molar-refractivity contribution < 1.29 is 4.79 Å². The van der Waals surface area contributed by atoms with Crippen LogP contribution in [0.1, 0.15) is 55.1 Å². The Bertz CT molecular complexity index is 487. The van der Waals surface area contributed by atoms with Crippen molar-refractivity contribution >= 4 is 23.5 Å². The number of nitrogens with two attached hydrogens (primary N) is 1. The van der Waals surface area contributed by atoms with E-state index in [1.54, 1.807) is 6.07 Å². The van der Waals surface area contributed by atoms with Crippen molar-refractivity contribution in [3.05, 3.63) is 23.4 Å². The van der Waals surface area contributed by atoms with Crippen molar-refractivity contribution in [1.82, 2.24) is 10.3 Å². The smallest absolute Gasteiger partial charge is 0.251 e. The summed E-state index contributed by atoms with van der Waals surface area (Å²) in [6.07, 6.45) is 3.75. The van der Waals surface area contributed by atoms with Gasteiger partial charge in [-0.3, -0.25) is 4.79 Å². The van der Waals surface area contributed by atoms with Crippen LogP contribution in [-0.2, 0) is 0 Å². The van der Waals surface area contributed by atoms with Crippen molar-refractivity contribution in [1.29, 1.82) is 0 Å². The van der Waals surface area contributed by atoms with Crippen LogP contribution in [0.2, 0.25) is 0 Å². The summed E-state index contributed by atoms with van der Waals surface area (Å²) < 4.78 is 0. The van der Waals surface area contributed by atoms with Crippen molar-refractivity contribution in [2.45, 2.75) is 44.3 Å². The van der Waals surface area contributed by atoms with Crippen LogP contribution in [0, 0.1) is 0 Å². The first-order chi connectivity index (χ1) is 10.1. The maximum Gasteiger partial charge on any atom is 0.251 e. The number of pyridine rings is 1. The number of rotatable bonds is 5. The van der Waals surface area contributed by atoms with Crippen molar-refractivity contribution in [2.75, 3.05) is 17.7 Å². The van der Waals surface area contributed by atoms with Gasteiger partial charge in [-0.1, -0.05) is 20.3 Å². The number of hydrogen-bond donors (Lipinski definition) is 3. The van der Waals surface area contributed by atoms with E-state index in [1.807, 2.05) is 31.7 Å². The highest BCUT2D eigenvalue weighted by atomic mass is 32.2. The van der Waals surface area contributed by atoms with Gasteiger partial charge in [-0.2, -0.15) is 11.8 Å². The molecule has 5 nitrogen and oxygen atoms in total. The number of hydrogen-bond acceptors (Lipinski definition) is 5. The van der Waals surface area contributed by atoms with Gasteiger partial charge >= 0.3 is 0 Å². The average molecular weight is 308 g/mol. The molecule has 1 aliphatic rings. The third-order valence-corrected chi connectivity index (χ3v) is 5.01. The first-order valence-corrected chi connectivity index (χ1v) is 8.53. The van der Waals surface area contributed by atoms with Crippen LogP contribution in [0.25, 0.3) is 0 Å². The van der Waals surface area contributed by atoms with E-state index in [4.69, 9.17) is 5.84 Å². The Labute approximate surface area is 130 Å². The van der Waals surface area contributed by atoms with E-state index in [0.717, 1.165) is 12.2 Å². The van der Waals surface area contributed by atoms with Crippen LogP contribution < -0.4 is 16.6 Å². The second-order valence-electron chi connectivity index (χ2n) is 5.66. The predicted octanol–water partition coefficient (Wildman–Crippen LogP) is 2.51. The molecule has 0 spiro atoms. The third-order valence-electron chi connectivity index (χ3n) is 3.61. The van der Waals surface area contributed by atoms with E-state index in [2.05, 4.69) is 15.7 Å². The number of thioether (sulfide) groups is 1. The van der Waals surface area contributed by atoms with Crippen LogP contribution in [0.15, 0.2) is 12.1 Å². The fourth-order valence-corrected chi connectivity index (χ4v) is 3.57. The zero-order valence-corrected chi connectivity index (χ0v) is 13.5. The quantitative estimate of drug-likeness (QED) is 0.575. The van der Waals surface area contributed by atoms with E-state index >= 15 is 0 Å². The van der Waals surface area contributed by atoms with Crippen molar-refractivity contribution in [2.24, 2.45) is 5.84 Å². The molecule has 1 aliphatic heterocycles. The topological polar surface area (TPSA) is 80.0 Å². The first-order valence-electron chi connectivity index (χ1n) is 7.48. The van der Waals surface area contributed by atoms with Gasteiger partial charge in [0.15, 0.2) is 0 Å². The van der Waals surface area contributed by atoms with E-state index < -0.39 is 0 Å². The lowest BCUT2D eigenvalue weighted by Gasteiger charge is -2.21. The fraction of sp³-hybridized carbons (Fsp3) is 0.600. The molecule has 1 fully saturated rings. The van der Waals surface area contributed by atoms with E-state index in [-0.39, 0.29) is 11.8 Å². The molecule has 6 heteroatoms. The molecule has 0 radical (unpaired) electrons. The Morgan fingerprint density at radius 1 is 1.48 bits per heavy atom. The van der Waals surface area contributed by atoms with Gasteiger partial charge in [-0.15, -0.1) is 0 Å². The minimum Gasteiger partial charge on any atom is -0.351 e. The van der Waals surface area contributed by atoms with Crippen LogP contribution in [0.5, 0.6) is 0 Å². The molecule has 4 N–H and O–H groups in total. The normalized spacial score (nSPS) is 18.6. The highest BCUT2D eigenvalue weighted by Crippen LogP contribution is 2.24. The lowest BCUT2D eigenvalue weighted by Crippen LogP contribution is -2.32. The zero-order valence-electron chi connectivity index (χ0n) is 12.7. The molecular formula is C15H24N4OS. The molecule has 1 atom stereocenters. The Kier molecular flexibility index (Phi) is 5.87. The van der Waals surface area contributed by atoms with E-state index in [9.17, 15) is 4.79 Å². The van der Waals surface area contributed by atoms with Crippen molar-refractivity contribution in [3.63, 3.8) is 0 Å². The number of nitrogens with zero attached hydrogens (tertiary/aromatic N) is 1. The molecule has 1 aromatic heterocycles. The second-order valence-corrected chi connectivity index (χ2v) is 7.07. The SMILES string of the molecule is CC(C)c1cc(C(=O)NCC2CCCCS2)cc(NN)n1. The minimum absolute atomic E-state index is 0.0537. The average Bonchev–Trinajstić information content (AvgIpc) is 2.53. The molecule has 116 valence electrons. The molecule has 1 aromatic rings. The number of carbonyl (C=O) groups is 1. The summed E-state index contributed by atoms with van der Waals surface area (Å²) in [6, 6.07) is 3.53. The Hall–Kier alpha value is -1.27. The van der Waals surface area contributed by atoms with Crippen LogP contribution >= 0.6 is 11.8 Å².